The lowest BCUT2D eigenvalue weighted by Gasteiger charge is -2.22. The molecule has 0 aliphatic rings. The van der Waals surface area contributed by atoms with Crippen LogP contribution in [0.25, 0.3) is 0 Å². The Morgan fingerprint density at radius 2 is 1.29 bits per heavy atom. The van der Waals surface area contributed by atoms with Crippen LogP contribution in [-0.4, -0.2) is 12.9 Å². The minimum Gasteiger partial charge on any atom is -0.329 e. The Hall–Kier alpha value is -2.29. The molecule has 3 aromatic rings. The van der Waals surface area contributed by atoms with Gasteiger partial charge < -0.3 is 4.90 Å². The lowest BCUT2D eigenvalue weighted by atomic mass is 10.1. The van der Waals surface area contributed by atoms with E-state index in [1.807, 2.05) is 90.8 Å². The van der Waals surface area contributed by atoms with Crippen LogP contribution < -0.4 is 4.90 Å². The summed E-state index contributed by atoms with van der Waals surface area (Å²) in [6.07, 6.45) is 0. The molecule has 0 saturated heterocycles. The van der Waals surface area contributed by atoms with Crippen molar-refractivity contribution in [1.29, 1.82) is 0 Å². The van der Waals surface area contributed by atoms with Crippen LogP contribution in [0.5, 0.6) is 0 Å². The van der Waals surface area contributed by atoms with Crippen LogP contribution in [0, 0.1) is 0 Å². The average molecular weight is 355 g/mol. The van der Waals surface area contributed by atoms with E-state index in [1.54, 1.807) is 0 Å². The van der Waals surface area contributed by atoms with Gasteiger partial charge in [0.05, 0.1) is 5.69 Å². The van der Waals surface area contributed by atoms with E-state index in [-0.39, 0.29) is 0 Å². The Kier molecular flexibility index (Phi) is 5.19. The molecule has 0 amide bonds. The van der Waals surface area contributed by atoms with Gasteiger partial charge in [0.1, 0.15) is 5.84 Å². The molecule has 24 heavy (non-hydrogen) atoms. The third-order valence-corrected chi connectivity index (χ3v) is 4.13. The maximum absolute atomic E-state index is 6.00. The molecule has 0 radical (unpaired) electrons. The predicted molar refractivity (Wildman–Crippen MR) is 104 cm³/mol. The van der Waals surface area contributed by atoms with E-state index in [4.69, 9.17) is 28.2 Å². The number of amidine groups is 1. The van der Waals surface area contributed by atoms with Crippen molar-refractivity contribution in [3.63, 3.8) is 0 Å². The molecule has 4 heteroatoms. The van der Waals surface area contributed by atoms with Crippen molar-refractivity contribution < 1.29 is 0 Å². The summed E-state index contributed by atoms with van der Waals surface area (Å²) in [6.45, 7) is 0. The van der Waals surface area contributed by atoms with E-state index in [0.29, 0.717) is 10.0 Å². The van der Waals surface area contributed by atoms with Gasteiger partial charge in [-0.25, -0.2) is 4.99 Å². The fourth-order valence-electron chi connectivity index (χ4n) is 2.35. The van der Waals surface area contributed by atoms with Crippen LogP contribution in [0.1, 0.15) is 5.56 Å². The SMILES string of the molecule is CN(C(=Nc1ccc(Cl)cc1)c1ccccc1)c1ccc(Cl)cc1. The first-order valence-electron chi connectivity index (χ1n) is 7.52. The molecule has 0 fully saturated rings. The van der Waals surface area contributed by atoms with Gasteiger partial charge in [-0.3, -0.25) is 0 Å². The van der Waals surface area contributed by atoms with E-state index < -0.39 is 0 Å². The number of aliphatic imine (C=N–C) groups is 1. The number of hydrogen-bond donors (Lipinski definition) is 0. The van der Waals surface area contributed by atoms with E-state index in [1.165, 1.54) is 0 Å². The zero-order chi connectivity index (χ0) is 16.9. The number of hydrogen-bond acceptors (Lipinski definition) is 1. The normalized spacial score (nSPS) is 11.4. The zero-order valence-electron chi connectivity index (χ0n) is 13.2. The third kappa shape index (κ3) is 3.97. The Labute approximate surface area is 152 Å². The second kappa shape index (κ2) is 7.52. The van der Waals surface area contributed by atoms with Crippen molar-refractivity contribution >= 4 is 40.4 Å². The number of benzene rings is 3. The van der Waals surface area contributed by atoms with Crippen LogP contribution >= 0.6 is 23.2 Å². The molecule has 0 saturated carbocycles. The fourth-order valence-corrected chi connectivity index (χ4v) is 2.60. The molecule has 0 unspecified atom stereocenters. The first kappa shape index (κ1) is 16.6. The van der Waals surface area contributed by atoms with Gasteiger partial charge in [-0.15, -0.1) is 0 Å². The molecule has 0 bridgehead atoms. The molecule has 2 nitrogen and oxygen atoms in total. The molecule has 3 rings (SSSR count). The quantitative estimate of drug-likeness (QED) is 0.403. The van der Waals surface area contributed by atoms with Crippen molar-refractivity contribution in [3.05, 3.63) is 94.5 Å². The van der Waals surface area contributed by atoms with E-state index >= 15 is 0 Å². The lowest BCUT2D eigenvalue weighted by Crippen LogP contribution is -2.27. The highest BCUT2D eigenvalue weighted by atomic mass is 35.5. The van der Waals surface area contributed by atoms with Crippen LogP contribution in [0.15, 0.2) is 83.9 Å². The zero-order valence-corrected chi connectivity index (χ0v) is 14.7. The van der Waals surface area contributed by atoms with Gasteiger partial charge in [0, 0.05) is 28.3 Å². The van der Waals surface area contributed by atoms with Gasteiger partial charge in [-0.1, -0.05) is 53.5 Å². The van der Waals surface area contributed by atoms with Gasteiger partial charge in [0.2, 0.25) is 0 Å². The monoisotopic (exact) mass is 354 g/mol. The highest BCUT2D eigenvalue weighted by Crippen LogP contribution is 2.23. The Bertz CT molecular complexity index is 826. The molecule has 0 spiro atoms. The van der Waals surface area contributed by atoms with Crippen molar-refractivity contribution in [2.24, 2.45) is 4.99 Å². The lowest BCUT2D eigenvalue weighted by molar-refractivity contribution is 1.24. The Morgan fingerprint density at radius 3 is 1.88 bits per heavy atom. The van der Waals surface area contributed by atoms with Crippen molar-refractivity contribution in [3.8, 4) is 0 Å². The van der Waals surface area contributed by atoms with Gasteiger partial charge in [-0.05, 0) is 48.5 Å². The fraction of sp³-hybridized carbons (Fsp3) is 0.0500. The van der Waals surface area contributed by atoms with E-state index in [2.05, 4.69) is 0 Å². The van der Waals surface area contributed by atoms with Gasteiger partial charge >= 0.3 is 0 Å². The summed E-state index contributed by atoms with van der Waals surface area (Å²) in [5, 5.41) is 1.41. The molecule has 0 aliphatic heterocycles. The van der Waals surface area contributed by atoms with Crippen molar-refractivity contribution in [1.82, 2.24) is 0 Å². The molecule has 0 aliphatic carbocycles. The molecular formula is C20H16Cl2N2. The predicted octanol–water partition coefficient (Wildman–Crippen LogP) is 6.21. The van der Waals surface area contributed by atoms with Crippen LogP contribution in [0.3, 0.4) is 0 Å². The maximum atomic E-state index is 6.00. The van der Waals surface area contributed by atoms with Crippen LogP contribution in [-0.2, 0) is 0 Å². The summed E-state index contributed by atoms with van der Waals surface area (Å²) in [5.41, 5.74) is 2.89. The first-order valence-corrected chi connectivity index (χ1v) is 8.28. The molecule has 0 heterocycles. The number of nitrogens with zero attached hydrogens (tertiary/aromatic N) is 2. The summed E-state index contributed by atoms with van der Waals surface area (Å²) < 4.78 is 0. The summed E-state index contributed by atoms with van der Waals surface area (Å²) in [4.78, 5) is 6.86. The molecule has 0 aromatic heterocycles. The van der Waals surface area contributed by atoms with Crippen molar-refractivity contribution in [2.45, 2.75) is 0 Å². The smallest absolute Gasteiger partial charge is 0.140 e. The molecular weight excluding hydrogens is 339 g/mol. The maximum Gasteiger partial charge on any atom is 0.140 e. The third-order valence-electron chi connectivity index (χ3n) is 3.63. The number of rotatable bonds is 3. The van der Waals surface area contributed by atoms with Gasteiger partial charge in [0.15, 0.2) is 0 Å². The van der Waals surface area contributed by atoms with Crippen LogP contribution in [0.4, 0.5) is 11.4 Å². The Balaban J connectivity index is 2.05. The molecule has 120 valence electrons. The first-order chi connectivity index (χ1) is 11.6. The largest absolute Gasteiger partial charge is 0.329 e. The standard InChI is InChI=1S/C20H16Cl2N2/c1-24(19-13-9-17(22)10-14-19)20(15-5-3-2-4-6-15)23-18-11-7-16(21)8-12-18/h2-14H,1H3. The second-order valence-corrected chi connectivity index (χ2v) is 6.19. The number of halogens is 2. The highest BCUT2D eigenvalue weighted by Gasteiger charge is 2.12. The van der Waals surface area contributed by atoms with Crippen molar-refractivity contribution in [2.75, 3.05) is 11.9 Å². The molecule has 0 N–H and O–H groups in total. The average Bonchev–Trinajstić information content (AvgIpc) is 2.62. The summed E-state index contributed by atoms with van der Waals surface area (Å²) in [6, 6.07) is 25.3. The topological polar surface area (TPSA) is 15.6 Å². The van der Waals surface area contributed by atoms with Gasteiger partial charge in [0.25, 0.3) is 0 Å². The summed E-state index contributed by atoms with van der Waals surface area (Å²) >= 11 is 12.0. The minimum absolute atomic E-state index is 0.696. The summed E-state index contributed by atoms with van der Waals surface area (Å²) in [7, 11) is 1.99. The van der Waals surface area contributed by atoms with E-state index in [9.17, 15) is 0 Å². The second-order valence-electron chi connectivity index (χ2n) is 5.31. The van der Waals surface area contributed by atoms with E-state index in [0.717, 1.165) is 22.8 Å². The molecule has 3 aromatic carbocycles. The minimum atomic E-state index is 0.696. The number of anilines is 1. The van der Waals surface area contributed by atoms with Gasteiger partial charge in [-0.2, -0.15) is 0 Å². The van der Waals surface area contributed by atoms with Crippen LogP contribution in [0.2, 0.25) is 10.0 Å². The Morgan fingerprint density at radius 1 is 0.750 bits per heavy atom. The molecule has 0 atom stereocenters. The highest BCUT2D eigenvalue weighted by molar-refractivity contribution is 6.31. The summed E-state index contributed by atoms with van der Waals surface area (Å²) in [5.74, 6) is 0.847.